The Morgan fingerprint density at radius 2 is 2.04 bits per heavy atom. The number of guanidine groups is 1. The van der Waals surface area contributed by atoms with Crippen molar-refractivity contribution >= 4 is 40.8 Å². The lowest BCUT2D eigenvalue weighted by Crippen LogP contribution is -2.38. The topological polar surface area (TPSA) is 80.3 Å². The van der Waals surface area contributed by atoms with Crippen LogP contribution in [-0.4, -0.2) is 40.3 Å². The van der Waals surface area contributed by atoms with Crippen molar-refractivity contribution in [3.8, 4) is 0 Å². The van der Waals surface area contributed by atoms with Gasteiger partial charge in [-0.05, 0) is 44.2 Å². The van der Waals surface area contributed by atoms with Crippen LogP contribution in [0.5, 0.6) is 0 Å². The number of nitrogens with zero attached hydrogens (tertiary/aromatic N) is 4. The number of benzene rings is 1. The zero-order chi connectivity index (χ0) is 18.9. The highest BCUT2D eigenvalue weighted by molar-refractivity contribution is 14.0. The summed E-state index contributed by atoms with van der Waals surface area (Å²) in [5.41, 5.74) is 1.28. The molecule has 0 unspecified atom stereocenters. The summed E-state index contributed by atoms with van der Waals surface area (Å²) in [6.45, 7) is 7.31. The average Bonchev–Trinajstić information content (AvgIpc) is 3.28. The fraction of sp³-hybridized carbons (Fsp3) is 0.450. The molecule has 8 heteroatoms. The number of rotatable bonds is 9. The number of hydrogen-bond donors (Lipinski definition) is 2. The summed E-state index contributed by atoms with van der Waals surface area (Å²) in [4.78, 5) is 8.89. The van der Waals surface area contributed by atoms with Gasteiger partial charge in [-0.15, -0.1) is 24.0 Å². The molecule has 0 saturated heterocycles. The number of aliphatic imine (C=N–C) groups is 1. The minimum absolute atomic E-state index is 0. The zero-order valence-corrected chi connectivity index (χ0v) is 18.8. The number of fused-ring (bicyclic) bond motifs is 1. The fourth-order valence-corrected chi connectivity index (χ4v) is 3.00. The van der Waals surface area contributed by atoms with Crippen LogP contribution < -0.4 is 10.6 Å². The van der Waals surface area contributed by atoms with Crippen molar-refractivity contribution in [2.24, 2.45) is 4.99 Å². The molecular formula is C20H29IN6O. The summed E-state index contributed by atoms with van der Waals surface area (Å²) in [7, 11) is 0. The molecule has 1 aromatic carbocycles. The van der Waals surface area contributed by atoms with Gasteiger partial charge in [-0.3, -0.25) is 4.99 Å². The Kier molecular flexibility index (Phi) is 9.26. The van der Waals surface area contributed by atoms with Crippen molar-refractivity contribution in [3.63, 3.8) is 0 Å². The van der Waals surface area contributed by atoms with E-state index in [1.807, 2.05) is 6.92 Å². The first-order valence-electron chi connectivity index (χ1n) is 9.61. The summed E-state index contributed by atoms with van der Waals surface area (Å²) in [5.74, 6) is 2.23. The van der Waals surface area contributed by atoms with E-state index >= 15 is 0 Å². The van der Waals surface area contributed by atoms with Crippen LogP contribution in [0.15, 0.2) is 46.0 Å². The third kappa shape index (κ3) is 6.50. The largest absolute Gasteiger partial charge is 0.357 e. The fourth-order valence-electron chi connectivity index (χ4n) is 3.00. The van der Waals surface area contributed by atoms with Crippen molar-refractivity contribution in [3.05, 3.63) is 48.2 Å². The van der Waals surface area contributed by atoms with E-state index in [2.05, 4.69) is 73.8 Å². The maximum absolute atomic E-state index is 5.13. The molecule has 0 amide bonds. The second kappa shape index (κ2) is 11.7. The molecule has 7 nitrogen and oxygen atoms in total. The predicted molar refractivity (Wildman–Crippen MR) is 123 cm³/mol. The molecule has 0 bridgehead atoms. The standard InChI is InChI=1S/C20H28N6O.HI/c1-3-21-20(22-12-6-10-19-24-16(2)25-27-19)23-13-7-14-26-15-11-17-8-4-5-9-18(17)26;/h4-5,8-9,11,15H,3,6-7,10,12-14H2,1-2H3,(H2,21,22,23);1H. The van der Waals surface area contributed by atoms with Gasteiger partial charge in [0.25, 0.3) is 0 Å². The zero-order valence-electron chi connectivity index (χ0n) is 16.5. The minimum atomic E-state index is 0. The molecule has 0 saturated carbocycles. The third-order valence-electron chi connectivity index (χ3n) is 4.28. The van der Waals surface area contributed by atoms with Gasteiger partial charge in [0.05, 0.1) is 0 Å². The van der Waals surface area contributed by atoms with Gasteiger partial charge in [0.1, 0.15) is 0 Å². The van der Waals surface area contributed by atoms with Crippen LogP contribution >= 0.6 is 24.0 Å². The van der Waals surface area contributed by atoms with Gasteiger partial charge in [-0.25, -0.2) is 0 Å². The Labute approximate surface area is 183 Å². The van der Waals surface area contributed by atoms with Crippen LogP contribution in [0, 0.1) is 6.92 Å². The number of halogens is 1. The number of aromatic nitrogens is 3. The van der Waals surface area contributed by atoms with Gasteiger partial charge in [0.15, 0.2) is 11.8 Å². The molecule has 0 spiro atoms. The van der Waals surface area contributed by atoms with Gasteiger partial charge in [-0.1, -0.05) is 23.4 Å². The first-order chi connectivity index (χ1) is 13.3. The number of nitrogens with one attached hydrogen (secondary N) is 2. The van der Waals surface area contributed by atoms with E-state index < -0.39 is 0 Å². The van der Waals surface area contributed by atoms with Crippen LogP contribution in [0.2, 0.25) is 0 Å². The van der Waals surface area contributed by atoms with Gasteiger partial charge in [0.2, 0.25) is 5.89 Å². The van der Waals surface area contributed by atoms with E-state index in [9.17, 15) is 0 Å². The number of hydrogen-bond acceptors (Lipinski definition) is 4. The lowest BCUT2D eigenvalue weighted by Gasteiger charge is -2.11. The normalized spacial score (nSPS) is 11.4. The maximum atomic E-state index is 5.13. The SMILES string of the molecule is CCNC(=NCCCn1ccc2ccccc21)NCCCc1nc(C)no1.I. The molecule has 2 aromatic heterocycles. The van der Waals surface area contributed by atoms with E-state index in [1.54, 1.807) is 0 Å². The lowest BCUT2D eigenvalue weighted by atomic mass is 10.2. The molecule has 0 fully saturated rings. The van der Waals surface area contributed by atoms with E-state index in [1.165, 1.54) is 10.9 Å². The average molecular weight is 496 g/mol. The number of aryl methyl sites for hydroxylation is 3. The van der Waals surface area contributed by atoms with Crippen molar-refractivity contribution in [1.29, 1.82) is 0 Å². The molecule has 152 valence electrons. The Morgan fingerprint density at radius 1 is 1.18 bits per heavy atom. The Hall–Kier alpha value is -2.10. The van der Waals surface area contributed by atoms with Crippen molar-refractivity contribution in [2.75, 3.05) is 19.6 Å². The first kappa shape index (κ1) is 22.2. The number of para-hydroxylation sites is 1. The van der Waals surface area contributed by atoms with Crippen LogP contribution in [0.3, 0.4) is 0 Å². The quantitative estimate of drug-likeness (QED) is 0.205. The maximum Gasteiger partial charge on any atom is 0.226 e. The van der Waals surface area contributed by atoms with Gasteiger partial charge in [-0.2, -0.15) is 4.98 Å². The van der Waals surface area contributed by atoms with Crippen LogP contribution in [0.4, 0.5) is 0 Å². The highest BCUT2D eigenvalue weighted by Gasteiger charge is 2.03. The van der Waals surface area contributed by atoms with Crippen LogP contribution in [0.1, 0.15) is 31.5 Å². The smallest absolute Gasteiger partial charge is 0.226 e. The highest BCUT2D eigenvalue weighted by Crippen LogP contribution is 2.15. The van der Waals surface area contributed by atoms with Gasteiger partial charge >= 0.3 is 0 Å². The summed E-state index contributed by atoms with van der Waals surface area (Å²) in [5, 5.41) is 11.7. The molecule has 0 aliphatic rings. The van der Waals surface area contributed by atoms with E-state index in [0.29, 0.717) is 11.7 Å². The minimum Gasteiger partial charge on any atom is -0.357 e. The van der Waals surface area contributed by atoms with Crippen molar-refractivity contribution < 1.29 is 4.52 Å². The predicted octanol–water partition coefficient (Wildman–Crippen LogP) is 3.53. The molecule has 0 aliphatic heterocycles. The monoisotopic (exact) mass is 496 g/mol. The molecule has 3 rings (SSSR count). The molecule has 28 heavy (non-hydrogen) atoms. The third-order valence-corrected chi connectivity index (χ3v) is 4.28. The molecule has 2 heterocycles. The summed E-state index contributed by atoms with van der Waals surface area (Å²) < 4.78 is 7.42. The van der Waals surface area contributed by atoms with Crippen LogP contribution in [0.25, 0.3) is 10.9 Å². The lowest BCUT2D eigenvalue weighted by molar-refractivity contribution is 0.372. The van der Waals surface area contributed by atoms with E-state index in [4.69, 9.17) is 4.52 Å². The van der Waals surface area contributed by atoms with E-state index in [-0.39, 0.29) is 24.0 Å². The molecule has 0 aliphatic carbocycles. The second-order valence-corrected chi connectivity index (χ2v) is 6.45. The highest BCUT2D eigenvalue weighted by atomic mass is 127. The Morgan fingerprint density at radius 3 is 2.82 bits per heavy atom. The first-order valence-corrected chi connectivity index (χ1v) is 9.61. The van der Waals surface area contributed by atoms with Gasteiger partial charge in [0, 0.05) is 44.3 Å². The molecule has 2 N–H and O–H groups in total. The molecule has 3 aromatic rings. The summed E-state index contributed by atoms with van der Waals surface area (Å²) in [6, 6.07) is 10.6. The van der Waals surface area contributed by atoms with Crippen LogP contribution in [-0.2, 0) is 13.0 Å². The molecule has 0 atom stereocenters. The van der Waals surface area contributed by atoms with E-state index in [0.717, 1.165) is 51.4 Å². The van der Waals surface area contributed by atoms with Crippen molar-refractivity contribution in [2.45, 2.75) is 39.7 Å². The summed E-state index contributed by atoms with van der Waals surface area (Å²) >= 11 is 0. The Balaban J connectivity index is 0.00000280. The molecule has 0 radical (unpaired) electrons. The van der Waals surface area contributed by atoms with Crippen molar-refractivity contribution in [1.82, 2.24) is 25.3 Å². The molecular weight excluding hydrogens is 467 g/mol. The second-order valence-electron chi connectivity index (χ2n) is 6.45. The summed E-state index contributed by atoms with van der Waals surface area (Å²) in [6.07, 6.45) is 4.84. The van der Waals surface area contributed by atoms with Gasteiger partial charge < -0.3 is 19.7 Å². The Bertz CT molecular complexity index is 872.